The van der Waals surface area contributed by atoms with Crippen molar-refractivity contribution in [2.75, 3.05) is 5.32 Å². The number of aryl methyl sites for hydroxylation is 1. The summed E-state index contributed by atoms with van der Waals surface area (Å²) in [5.41, 5.74) is 0.745. The molecule has 0 atom stereocenters. The fourth-order valence-electron chi connectivity index (χ4n) is 1.79. The van der Waals surface area contributed by atoms with Crippen LogP contribution in [0.3, 0.4) is 0 Å². The smallest absolute Gasteiger partial charge is 0.271 e. The van der Waals surface area contributed by atoms with E-state index in [4.69, 9.17) is 0 Å². The van der Waals surface area contributed by atoms with Gasteiger partial charge >= 0.3 is 0 Å². The van der Waals surface area contributed by atoms with Gasteiger partial charge in [-0.25, -0.2) is 0 Å². The minimum atomic E-state index is -0.542. The van der Waals surface area contributed by atoms with Crippen LogP contribution in [0.1, 0.15) is 5.56 Å². The van der Waals surface area contributed by atoms with Crippen molar-refractivity contribution in [3.8, 4) is 0 Å². The van der Waals surface area contributed by atoms with E-state index < -0.39 is 10.8 Å². The fraction of sp³-hybridized carbons (Fsp3) is 0.143. The van der Waals surface area contributed by atoms with Gasteiger partial charge in [0.2, 0.25) is 5.91 Å². The first-order valence-electron chi connectivity index (χ1n) is 6.17. The van der Waals surface area contributed by atoms with Crippen molar-refractivity contribution < 1.29 is 9.72 Å². The van der Waals surface area contributed by atoms with Crippen LogP contribution in [-0.2, 0) is 11.3 Å². The molecule has 21 heavy (non-hydrogen) atoms. The number of pyridine rings is 1. The van der Waals surface area contributed by atoms with E-state index >= 15 is 0 Å². The van der Waals surface area contributed by atoms with Crippen LogP contribution < -0.4 is 10.9 Å². The highest BCUT2D eigenvalue weighted by atomic mass is 16.6. The molecule has 1 N–H and O–H groups in total. The second kappa shape index (κ2) is 6.00. The maximum atomic E-state index is 11.9. The van der Waals surface area contributed by atoms with Gasteiger partial charge in [-0.1, -0.05) is 6.07 Å². The molecule has 1 aromatic heterocycles. The van der Waals surface area contributed by atoms with Crippen molar-refractivity contribution >= 4 is 17.3 Å². The van der Waals surface area contributed by atoms with Crippen molar-refractivity contribution in [1.29, 1.82) is 0 Å². The average molecular weight is 287 g/mol. The van der Waals surface area contributed by atoms with Gasteiger partial charge in [-0.15, -0.1) is 0 Å². The number of hydrogen-bond donors (Lipinski definition) is 1. The Morgan fingerprint density at radius 3 is 2.76 bits per heavy atom. The van der Waals surface area contributed by atoms with Crippen molar-refractivity contribution in [3.63, 3.8) is 0 Å². The molecule has 2 aromatic rings. The van der Waals surface area contributed by atoms with Crippen LogP contribution in [0.2, 0.25) is 0 Å². The number of nitro groups is 1. The molecule has 0 aliphatic rings. The number of carbonyl (C=O) groups is 1. The lowest BCUT2D eigenvalue weighted by Gasteiger charge is -2.07. The lowest BCUT2D eigenvalue weighted by molar-refractivity contribution is -0.384. The van der Waals surface area contributed by atoms with Gasteiger partial charge in [0.15, 0.2) is 0 Å². The Kier molecular flexibility index (Phi) is 4.13. The number of nitrogens with one attached hydrogen (secondary N) is 1. The van der Waals surface area contributed by atoms with Gasteiger partial charge in [-0.2, -0.15) is 0 Å². The van der Waals surface area contributed by atoms with Crippen molar-refractivity contribution in [1.82, 2.24) is 4.57 Å². The first-order valence-corrected chi connectivity index (χ1v) is 6.17. The minimum absolute atomic E-state index is 0.111. The number of nitro benzene ring substituents is 1. The average Bonchev–Trinajstić information content (AvgIpc) is 2.42. The second-order valence-corrected chi connectivity index (χ2v) is 4.53. The third-order valence-electron chi connectivity index (χ3n) is 2.81. The highest BCUT2D eigenvalue weighted by Crippen LogP contribution is 2.16. The van der Waals surface area contributed by atoms with Gasteiger partial charge in [-0.3, -0.25) is 19.7 Å². The Labute approximate surface area is 120 Å². The molecule has 1 aromatic carbocycles. The molecule has 0 aliphatic carbocycles. The highest BCUT2D eigenvalue weighted by Gasteiger charge is 2.09. The van der Waals surface area contributed by atoms with E-state index in [9.17, 15) is 19.7 Å². The number of non-ortho nitro benzene ring substituents is 1. The van der Waals surface area contributed by atoms with Crippen LogP contribution in [0.4, 0.5) is 11.4 Å². The van der Waals surface area contributed by atoms with Gasteiger partial charge in [0.1, 0.15) is 6.54 Å². The lowest BCUT2D eigenvalue weighted by Crippen LogP contribution is -2.26. The van der Waals surface area contributed by atoms with Crippen molar-refractivity contribution in [3.05, 3.63) is 68.6 Å². The molecule has 0 unspecified atom stereocenters. The molecule has 0 bridgehead atoms. The maximum absolute atomic E-state index is 11.9. The number of anilines is 1. The third-order valence-corrected chi connectivity index (χ3v) is 2.81. The van der Waals surface area contributed by atoms with E-state index in [2.05, 4.69) is 5.32 Å². The largest absolute Gasteiger partial charge is 0.324 e. The molecule has 0 spiro atoms. The van der Waals surface area contributed by atoms with Crippen LogP contribution in [0.25, 0.3) is 0 Å². The molecular weight excluding hydrogens is 274 g/mol. The summed E-state index contributed by atoms with van der Waals surface area (Å²) in [5.74, 6) is -0.429. The monoisotopic (exact) mass is 287 g/mol. The zero-order valence-corrected chi connectivity index (χ0v) is 11.3. The number of nitrogens with zero attached hydrogens (tertiary/aromatic N) is 2. The molecule has 1 amide bonds. The van der Waals surface area contributed by atoms with E-state index in [-0.39, 0.29) is 17.8 Å². The van der Waals surface area contributed by atoms with Gasteiger partial charge in [-0.05, 0) is 24.6 Å². The van der Waals surface area contributed by atoms with Crippen LogP contribution >= 0.6 is 0 Å². The van der Waals surface area contributed by atoms with Crippen molar-refractivity contribution in [2.24, 2.45) is 0 Å². The standard InChI is InChI=1S/C14H13N3O4/c1-10-5-6-16(14(19)7-10)9-13(18)15-11-3-2-4-12(8-11)17(20)21/h2-8H,9H2,1H3,(H,15,18). The maximum Gasteiger partial charge on any atom is 0.271 e. The summed E-state index contributed by atoms with van der Waals surface area (Å²) in [6.07, 6.45) is 1.53. The summed E-state index contributed by atoms with van der Waals surface area (Å²) >= 11 is 0. The zero-order chi connectivity index (χ0) is 15.4. The Morgan fingerprint density at radius 2 is 2.10 bits per heavy atom. The number of hydrogen-bond acceptors (Lipinski definition) is 4. The summed E-state index contributed by atoms with van der Waals surface area (Å²) in [6.45, 7) is 1.64. The molecule has 0 radical (unpaired) electrons. The van der Waals surface area contributed by atoms with Gasteiger partial charge < -0.3 is 9.88 Å². The molecular formula is C14H13N3O4. The van der Waals surface area contributed by atoms with Crippen LogP contribution in [0.15, 0.2) is 47.4 Å². The van der Waals surface area contributed by atoms with E-state index in [1.165, 1.54) is 35.0 Å². The number of amides is 1. The third kappa shape index (κ3) is 3.75. The molecule has 0 saturated carbocycles. The quantitative estimate of drug-likeness (QED) is 0.684. The van der Waals surface area contributed by atoms with Gasteiger partial charge in [0, 0.05) is 30.1 Å². The van der Waals surface area contributed by atoms with Crippen LogP contribution in [0.5, 0.6) is 0 Å². The SMILES string of the molecule is Cc1ccn(CC(=O)Nc2cccc([N+](=O)[O-])c2)c(=O)c1. The first-order chi connectivity index (χ1) is 9.95. The predicted molar refractivity (Wildman–Crippen MR) is 77.2 cm³/mol. The van der Waals surface area contributed by atoms with Crippen LogP contribution in [-0.4, -0.2) is 15.4 Å². The normalized spacial score (nSPS) is 10.1. The van der Waals surface area contributed by atoms with Crippen molar-refractivity contribution in [2.45, 2.75) is 13.5 Å². The minimum Gasteiger partial charge on any atom is -0.324 e. The summed E-state index contributed by atoms with van der Waals surface area (Å²) in [5, 5.41) is 13.2. The lowest BCUT2D eigenvalue weighted by atomic mass is 10.3. The Balaban J connectivity index is 2.10. The predicted octanol–water partition coefficient (Wildman–Crippen LogP) is 1.70. The zero-order valence-electron chi connectivity index (χ0n) is 11.3. The number of rotatable bonds is 4. The fourth-order valence-corrected chi connectivity index (χ4v) is 1.79. The van der Waals surface area contributed by atoms with E-state index in [0.29, 0.717) is 5.69 Å². The summed E-state index contributed by atoms with van der Waals surface area (Å²) in [7, 11) is 0. The highest BCUT2D eigenvalue weighted by molar-refractivity contribution is 5.90. The summed E-state index contributed by atoms with van der Waals surface area (Å²) in [4.78, 5) is 33.6. The first kappa shape index (κ1) is 14.4. The second-order valence-electron chi connectivity index (χ2n) is 4.53. The Bertz CT molecular complexity index is 752. The van der Waals surface area contributed by atoms with Gasteiger partial charge in [0.05, 0.1) is 4.92 Å². The van der Waals surface area contributed by atoms with Gasteiger partial charge in [0.25, 0.3) is 11.2 Å². The number of carbonyl (C=O) groups excluding carboxylic acids is 1. The molecule has 0 aliphatic heterocycles. The Morgan fingerprint density at radius 1 is 1.33 bits per heavy atom. The summed E-state index contributed by atoms with van der Waals surface area (Å²) < 4.78 is 1.26. The van der Waals surface area contributed by atoms with Crippen LogP contribution in [0, 0.1) is 17.0 Å². The number of aromatic nitrogens is 1. The molecule has 7 heteroatoms. The molecule has 1 heterocycles. The molecule has 2 rings (SSSR count). The van der Waals surface area contributed by atoms with E-state index in [0.717, 1.165) is 5.56 Å². The molecule has 7 nitrogen and oxygen atoms in total. The Hall–Kier alpha value is -2.96. The van der Waals surface area contributed by atoms with E-state index in [1.807, 2.05) is 0 Å². The summed E-state index contributed by atoms with van der Waals surface area (Å²) in [6, 6.07) is 8.77. The topological polar surface area (TPSA) is 94.2 Å². The number of benzene rings is 1. The molecule has 0 fully saturated rings. The molecule has 0 saturated heterocycles. The van der Waals surface area contributed by atoms with E-state index in [1.54, 1.807) is 19.1 Å². The molecule has 108 valence electrons.